The predicted molar refractivity (Wildman–Crippen MR) is 53.6 cm³/mol. The second kappa shape index (κ2) is 6.19. The first kappa shape index (κ1) is 9.73. The summed E-state index contributed by atoms with van der Waals surface area (Å²) in [5.41, 5.74) is 1.24. The highest BCUT2D eigenvalue weighted by Gasteiger charge is 1.94. The topological polar surface area (TPSA) is 28.7 Å². The number of nitrogens with one attached hydrogen (secondary N) is 1. The Bertz CT molecular complexity index is 184. The van der Waals surface area contributed by atoms with Gasteiger partial charge in [-0.1, -0.05) is 32.6 Å². The SMILES string of the molecule is CCCCCCCc1c[nH]pn1. The van der Waals surface area contributed by atoms with Gasteiger partial charge in [-0.25, -0.2) is 4.75 Å². The number of rotatable bonds is 6. The molecule has 0 aliphatic carbocycles. The minimum atomic E-state index is 1.01. The summed E-state index contributed by atoms with van der Waals surface area (Å²) in [5.74, 6) is 0. The molecule has 1 N–H and O–H groups in total. The van der Waals surface area contributed by atoms with Crippen molar-refractivity contribution in [3.63, 3.8) is 0 Å². The van der Waals surface area contributed by atoms with Crippen molar-refractivity contribution in [2.24, 2.45) is 0 Å². The summed E-state index contributed by atoms with van der Waals surface area (Å²) in [7, 11) is 1.01. The molecule has 1 aromatic heterocycles. The number of hydrogen-bond donors (Lipinski definition) is 1. The van der Waals surface area contributed by atoms with Gasteiger partial charge in [-0.2, -0.15) is 0 Å². The van der Waals surface area contributed by atoms with E-state index in [9.17, 15) is 0 Å². The molecule has 1 heterocycles. The number of hydrogen-bond acceptors (Lipinski definition) is 1. The zero-order valence-corrected chi connectivity index (χ0v) is 8.61. The highest BCUT2D eigenvalue weighted by molar-refractivity contribution is 7.20. The van der Waals surface area contributed by atoms with Crippen LogP contribution in [0, 0.1) is 0 Å². The highest BCUT2D eigenvalue weighted by atomic mass is 31.1. The summed E-state index contributed by atoms with van der Waals surface area (Å²) in [5, 5.41) is 0. The number of aryl methyl sites for hydroxylation is 1. The zero-order chi connectivity index (χ0) is 8.65. The third kappa shape index (κ3) is 3.87. The number of H-pyrrole nitrogens is 1. The second-order valence-electron chi connectivity index (χ2n) is 3.13. The molecule has 68 valence electrons. The molecule has 1 rings (SSSR count). The molecule has 0 radical (unpaired) electrons. The van der Waals surface area contributed by atoms with Crippen molar-refractivity contribution < 1.29 is 0 Å². The quantitative estimate of drug-likeness (QED) is 0.673. The average molecular weight is 184 g/mol. The van der Waals surface area contributed by atoms with E-state index in [1.54, 1.807) is 0 Å². The van der Waals surface area contributed by atoms with Crippen LogP contribution >= 0.6 is 8.51 Å². The molecule has 0 atom stereocenters. The predicted octanol–water partition coefficient (Wildman–Crippen LogP) is 3.50. The van der Waals surface area contributed by atoms with Gasteiger partial charge < -0.3 is 4.75 Å². The summed E-state index contributed by atoms with van der Waals surface area (Å²) in [6, 6.07) is 0. The van der Waals surface area contributed by atoms with Crippen molar-refractivity contribution in [2.75, 3.05) is 0 Å². The molecule has 0 aliphatic rings. The Morgan fingerprint density at radius 3 is 2.83 bits per heavy atom. The highest BCUT2D eigenvalue weighted by Crippen LogP contribution is 2.08. The summed E-state index contributed by atoms with van der Waals surface area (Å²) >= 11 is 0. The Labute approximate surface area is 76.0 Å². The summed E-state index contributed by atoms with van der Waals surface area (Å²) in [6.45, 7) is 2.25. The first-order chi connectivity index (χ1) is 5.93. The molecule has 0 saturated heterocycles. The van der Waals surface area contributed by atoms with Crippen molar-refractivity contribution in [3.8, 4) is 0 Å². The van der Waals surface area contributed by atoms with Crippen LogP contribution in [0.3, 0.4) is 0 Å². The molecule has 0 fully saturated rings. The molecule has 1 aromatic rings. The van der Waals surface area contributed by atoms with Crippen LogP contribution in [0.4, 0.5) is 0 Å². The minimum Gasteiger partial charge on any atom is -0.328 e. The number of aromatic nitrogens is 2. The van der Waals surface area contributed by atoms with Crippen LogP contribution in [0.1, 0.15) is 44.7 Å². The Kier molecular flexibility index (Phi) is 5.02. The van der Waals surface area contributed by atoms with E-state index in [0.29, 0.717) is 0 Å². The van der Waals surface area contributed by atoms with Crippen LogP contribution in [0.15, 0.2) is 6.20 Å². The van der Waals surface area contributed by atoms with Crippen LogP contribution in [-0.2, 0) is 6.42 Å². The van der Waals surface area contributed by atoms with E-state index in [4.69, 9.17) is 0 Å². The van der Waals surface area contributed by atoms with E-state index in [1.807, 2.05) is 6.20 Å². The van der Waals surface area contributed by atoms with Crippen LogP contribution < -0.4 is 0 Å². The maximum absolute atomic E-state index is 4.28. The first-order valence-corrected chi connectivity index (χ1v) is 5.63. The van der Waals surface area contributed by atoms with E-state index in [1.165, 1.54) is 37.8 Å². The van der Waals surface area contributed by atoms with Crippen molar-refractivity contribution >= 4 is 8.51 Å². The molecular formula is C9H17N2P. The molecule has 12 heavy (non-hydrogen) atoms. The molecule has 0 aliphatic heterocycles. The van der Waals surface area contributed by atoms with Gasteiger partial charge in [0, 0.05) is 6.20 Å². The van der Waals surface area contributed by atoms with Crippen LogP contribution in [0.5, 0.6) is 0 Å². The largest absolute Gasteiger partial charge is 0.328 e. The van der Waals surface area contributed by atoms with Gasteiger partial charge in [-0.3, -0.25) is 0 Å². The summed E-state index contributed by atoms with van der Waals surface area (Å²) in [4.78, 5) is 0. The third-order valence-corrected chi connectivity index (χ3v) is 2.61. The molecule has 0 spiro atoms. The summed E-state index contributed by atoms with van der Waals surface area (Å²) in [6.07, 6.45) is 9.93. The van der Waals surface area contributed by atoms with Crippen molar-refractivity contribution in [3.05, 3.63) is 11.9 Å². The molecular weight excluding hydrogens is 167 g/mol. The summed E-state index contributed by atoms with van der Waals surface area (Å²) < 4.78 is 7.34. The fraction of sp³-hybridized carbons (Fsp3) is 0.778. The lowest BCUT2D eigenvalue weighted by Crippen LogP contribution is -1.84. The lowest BCUT2D eigenvalue weighted by molar-refractivity contribution is 0.629. The Balaban J connectivity index is 1.96. The first-order valence-electron chi connectivity index (χ1n) is 4.79. The third-order valence-electron chi connectivity index (χ3n) is 2.00. The van der Waals surface area contributed by atoms with Crippen LogP contribution in [0.2, 0.25) is 0 Å². The maximum Gasteiger partial charge on any atom is 0.129 e. The second-order valence-corrected chi connectivity index (χ2v) is 3.79. The fourth-order valence-corrected chi connectivity index (χ4v) is 1.81. The Hall–Kier alpha value is -0.360. The van der Waals surface area contributed by atoms with Gasteiger partial charge >= 0.3 is 0 Å². The smallest absolute Gasteiger partial charge is 0.129 e. The van der Waals surface area contributed by atoms with Crippen molar-refractivity contribution in [1.82, 2.24) is 9.49 Å². The van der Waals surface area contributed by atoms with Gasteiger partial charge in [-0.15, -0.1) is 0 Å². The molecule has 0 unspecified atom stereocenters. The standard InChI is InChI=1S/C9H17N2P/c1-2-3-4-5-6-7-9-8-10-12-11-9/h8H,2-7H2,1H3,(H,10,11). The fourth-order valence-electron chi connectivity index (χ4n) is 1.26. The van der Waals surface area contributed by atoms with Crippen LogP contribution in [-0.4, -0.2) is 9.49 Å². The Morgan fingerprint density at radius 2 is 2.17 bits per heavy atom. The van der Waals surface area contributed by atoms with Crippen molar-refractivity contribution in [1.29, 1.82) is 0 Å². The zero-order valence-electron chi connectivity index (χ0n) is 7.71. The lowest BCUT2D eigenvalue weighted by Gasteiger charge is -1.96. The van der Waals surface area contributed by atoms with Gasteiger partial charge in [0.25, 0.3) is 0 Å². The normalized spacial score (nSPS) is 11.1. The van der Waals surface area contributed by atoms with Gasteiger partial charge in [0.05, 0.1) is 5.69 Å². The monoisotopic (exact) mass is 184 g/mol. The van der Waals surface area contributed by atoms with E-state index >= 15 is 0 Å². The number of unbranched alkanes of at least 4 members (excludes halogenated alkanes) is 4. The molecule has 0 aromatic carbocycles. The van der Waals surface area contributed by atoms with Gasteiger partial charge in [-0.05, 0) is 12.8 Å². The molecule has 0 saturated carbocycles. The molecule has 0 bridgehead atoms. The molecule has 3 heteroatoms. The van der Waals surface area contributed by atoms with E-state index in [0.717, 1.165) is 14.9 Å². The number of nitrogens with zero attached hydrogens (tertiary/aromatic N) is 1. The van der Waals surface area contributed by atoms with E-state index < -0.39 is 0 Å². The minimum absolute atomic E-state index is 1.01. The average Bonchev–Trinajstić information content (AvgIpc) is 2.57. The van der Waals surface area contributed by atoms with E-state index in [-0.39, 0.29) is 0 Å². The maximum atomic E-state index is 4.28. The number of aromatic amines is 1. The molecule has 2 nitrogen and oxygen atoms in total. The van der Waals surface area contributed by atoms with Crippen molar-refractivity contribution in [2.45, 2.75) is 45.4 Å². The van der Waals surface area contributed by atoms with Crippen LogP contribution in [0.25, 0.3) is 0 Å². The Morgan fingerprint density at radius 1 is 1.33 bits per heavy atom. The lowest BCUT2D eigenvalue weighted by atomic mass is 10.1. The van der Waals surface area contributed by atoms with E-state index in [2.05, 4.69) is 16.4 Å². The van der Waals surface area contributed by atoms with Gasteiger partial charge in [0.2, 0.25) is 0 Å². The van der Waals surface area contributed by atoms with Gasteiger partial charge in [0.1, 0.15) is 8.51 Å². The van der Waals surface area contributed by atoms with Gasteiger partial charge in [0.15, 0.2) is 0 Å². The molecule has 0 amide bonds.